The second kappa shape index (κ2) is 9.78. The Labute approximate surface area is 212 Å². The summed E-state index contributed by atoms with van der Waals surface area (Å²) in [5.41, 5.74) is 0.0182. The highest BCUT2D eigenvalue weighted by atomic mass is 16.3. The molecule has 36 heavy (non-hydrogen) atoms. The fraction of sp³-hybridized carbons (Fsp3) is 0.556. The molecule has 0 bridgehead atoms. The van der Waals surface area contributed by atoms with Gasteiger partial charge in [0.05, 0.1) is 17.7 Å². The van der Waals surface area contributed by atoms with E-state index in [1.807, 2.05) is 18.0 Å². The molecule has 1 saturated heterocycles. The third kappa shape index (κ3) is 4.69. The fourth-order valence-corrected chi connectivity index (χ4v) is 6.15. The van der Waals surface area contributed by atoms with E-state index in [2.05, 4.69) is 45.1 Å². The zero-order chi connectivity index (χ0) is 25.2. The number of nitrogens with one attached hydrogen (secondary N) is 2. The molecule has 3 amide bonds. The molecule has 2 aromatic rings. The van der Waals surface area contributed by atoms with Crippen molar-refractivity contribution >= 4 is 17.8 Å². The van der Waals surface area contributed by atoms with E-state index < -0.39 is 5.60 Å². The van der Waals surface area contributed by atoms with E-state index in [9.17, 15) is 14.7 Å². The molecule has 2 aliphatic carbocycles. The lowest BCUT2D eigenvalue weighted by Gasteiger charge is -2.50. The van der Waals surface area contributed by atoms with Crippen LogP contribution in [-0.2, 0) is 10.3 Å². The van der Waals surface area contributed by atoms with Gasteiger partial charge in [0, 0.05) is 31.2 Å². The maximum Gasteiger partial charge on any atom is 0.320 e. The summed E-state index contributed by atoms with van der Waals surface area (Å²) in [5.74, 6) is 0.201. The lowest BCUT2D eigenvalue weighted by molar-refractivity contribution is -0.116. The second-order valence-electron chi connectivity index (χ2n) is 10.7. The van der Waals surface area contributed by atoms with E-state index in [-0.39, 0.29) is 29.4 Å². The van der Waals surface area contributed by atoms with E-state index in [4.69, 9.17) is 0 Å². The normalized spacial score (nSPS) is 27.2. The number of benzene rings is 1. The number of carbonyl (C=O) groups excluding carboxylic acids is 2. The average Bonchev–Trinajstić information content (AvgIpc) is 3.14. The van der Waals surface area contributed by atoms with Crippen LogP contribution in [0.15, 0.2) is 48.7 Å². The van der Waals surface area contributed by atoms with E-state index >= 15 is 0 Å². The Kier molecular flexibility index (Phi) is 6.70. The van der Waals surface area contributed by atoms with Gasteiger partial charge in [-0.05, 0) is 69.7 Å². The summed E-state index contributed by atoms with van der Waals surface area (Å²) in [4.78, 5) is 29.9. The van der Waals surface area contributed by atoms with Crippen molar-refractivity contribution in [3.63, 3.8) is 0 Å². The molecule has 0 atom stereocenters. The molecule has 1 aromatic carbocycles. The topological polar surface area (TPSA) is 111 Å². The first-order valence-corrected chi connectivity index (χ1v) is 13.0. The highest BCUT2D eigenvalue weighted by molar-refractivity contribution is 5.90. The summed E-state index contributed by atoms with van der Waals surface area (Å²) in [6, 6.07) is 13.9. The number of anilines is 1. The number of β-amino-alcohol motifs (C(OH)–C–C–N with tert-alkyl or cyclic N) is 1. The van der Waals surface area contributed by atoms with Crippen LogP contribution in [0.25, 0.3) is 0 Å². The molecule has 3 aliphatic rings. The van der Waals surface area contributed by atoms with Crippen LogP contribution < -0.4 is 10.6 Å². The summed E-state index contributed by atoms with van der Waals surface area (Å²) in [6.07, 6.45) is 7.67. The molecule has 2 saturated carbocycles. The zero-order valence-corrected chi connectivity index (χ0v) is 20.9. The smallest absolute Gasteiger partial charge is 0.320 e. The first-order valence-electron chi connectivity index (χ1n) is 13.0. The van der Waals surface area contributed by atoms with Crippen LogP contribution in [-0.4, -0.2) is 74.9 Å². The Morgan fingerprint density at radius 2 is 1.81 bits per heavy atom. The maximum atomic E-state index is 13.6. The van der Waals surface area contributed by atoms with Crippen LogP contribution in [0.4, 0.5) is 10.6 Å². The van der Waals surface area contributed by atoms with Gasteiger partial charge in [0.25, 0.3) is 0 Å². The van der Waals surface area contributed by atoms with Gasteiger partial charge in [-0.25, -0.2) is 4.79 Å². The molecule has 3 fully saturated rings. The maximum absolute atomic E-state index is 13.6. The molecule has 192 valence electrons. The van der Waals surface area contributed by atoms with Gasteiger partial charge < -0.3 is 25.5 Å². The van der Waals surface area contributed by atoms with Crippen molar-refractivity contribution in [1.29, 1.82) is 0 Å². The van der Waals surface area contributed by atoms with Crippen molar-refractivity contribution in [3.05, 3.63) is 54.2 Å². The number of amides is 3. The predicted octanol–water partition coefficient (Wildman–Crippen LogP) is 2.89. The SMILES string of the molecule is CN[C@]1(c2ccccc2)CC[C@]2(CC1)CN(CCC(=O)Nc1cccnn1)C(=O)N2CC1(O)CCC1. The van der Waals surface area contributed by atoms with Crippen LogP contribution in [0.2, 0.25) is 0 Å². The van der Waals surface area contributed by atoms with Crippen LogP contribution in [0.5, 0.6) is 0 Å². The summed E-state index contributed by atoms with van der Waals surface area (Å²) < 4.78 is 0. The Hall–Kier alpha value is -3.04. The number of hydrogen-bond acceptors (Lipinski definition) is 6. The van der Waals surface area contributed by atoms with Crippen molar-refractivity contribution in [2.75, 3.05) is 32.0 Å². The summed E-state index contributed by atoms with van der Waals surface area (Å²) in [5, 5.41) is 25.0. The molecule has 9 heteroatoms. The molecule has 0 unspecified atom stereocenters. The van der Waals surface area contributed by atoms with E-state index in [0.29, 0.717) is 25.5 Å². The predicted molar refractivity (Wildman–Crippen MR) is 136 cm³/mol. The van der Waals surface area contributed by atoms with Gasteiger partial charge in [0.15, 0.2) is 5.82 Å². The summed E-state index contributed by atoms with van der Waals surface area (Å²) in [6.45, 7) is 1.28. The molecule has 0 radical (unpaired) electrons. The molecule has 1 aromatic heterocycles. The standard InChI is InChI=1S/C27H36N6O3/c1-28-27(21-7-3-2-4-8-21)15-13-25(14-16-27)19-32(24(35)33(25)20-26(36)11-6-12-26)18-10-23(34)30-22-9-5-17-29-31-22/h2-5,7-9,17,28,36H,6,10-16,18-20H2,1H3,(H,30,31,34)/t25-,27+. The summed E-state index contributed by atoms with van der Waals surface area (Å²) in [7, 11) is 2.02. The first kappa shape index (κ1) is 24.6. The number of aromatic nitrogens is 2. The van der Waals surface area contributed by atoms with E-state index in [0.717, 1.165) is 44.9 Å². The van der Waals surface area contributed by atoms with Gasteiger partial charge in [0.1, 0.15) is 0 Å². The number of aliphatic hydroxyl groups is 1. The molecule has 1 aliphatic heterocycles. The van der Waals surface area contributed by atoms with Gasteiger partial charge in [0.2, 0.25) is 5.91 Å². The van der Waals surface area contributed by atoms with Gasteiger partial charge in [-0.2, -0.15) is 5.10 Å². The van der Waals surface area contributed by atoms with Crippen LogP contribution >= 0.6 is 0 Å². The molecule has 5 rings (SSSR count). The van der Waals surface area contributed by atoms with Crippen molar-refractivity contribution in [2.45, 2.75) is 68.0 Å². The van der Waals surface area contributed by atoms with E-state index in [1.54, 1.807) is 23.2 Å². The van der Waals surface area contributed by atoms with Crippen molar-refractivity contribution < 1.29 is 14.7 Å². The average molecular weight is 493 g/mol. The van der Waals surface area contributed by atoms with E-state index in [1.165, 1.54) is 5.56 Å². The Morgan fingerprint density at radius 3 is 2.42 bits per heavy atom. The third-order valence-electron chi connectivity index (χ3n) is 8.58. The molecule has 1 spiro atoms. The number of nitrogens with zero attached hydrogens (tertiary/aromatic N) is 4. The highest BCUT2D eigenvalue weighted by Crippen LogP contribution is 2.48. The van der Waals surface area contributed by atoms with Crippen molar-refractivity contribution in [3.8, 4) is 0 Å². The third-order valence-corrected chi connectivity index (χ3v) is 8.58. The number of rotatable bonds is 8. The minimum Gasteiger partial charge on any atom is -0.388 e. The Morgan fingerprint density at radius 1 is 1.06 bits per heavy atom. The molecule has 9 nitrogen and oxygen atoms in total. The number of hydrogen-bond donors (Lipinski definition) is 3. The van der Waals surface area contributed by atoms with Gasteiger partial charge in [-0.3, -0.25) is 4.79 Å². The van der Waals surface area contributed by atoms with Crippen LogP contribution in [0.1, 0.15) is 56.9 Å². The zero-order valence-electron chi connectivity index (χ0n) is 20.9. The fourth-order valence-electron chi connectivity index (χ4n) is 6.15. The first-order chi connectivity index (χ1) is 17.4. The minimum absolute atomic E-state index is 0.0701. The van der Waals surface area contributed by atoms with Gasteiger partial charge in [-0.15, -0.1) is 5.10 Å². The molecule has 3 N–H and O–H groups in total. The molecular formula is C27H36N6O3. The van der Waals surface area contributed by atoms with Crippen molar-refractivity contribution in [2.24, 2.45) is 0 Å². The largest absolute Gasteiger partial charge is 0.388 e. The lowest BCUT2D eigenvalue weighted by atomic mass is 9.68. The second-order valence-corrected chi connectivity index (χ2v) is 10.7. The number of urea groups is 1. The molecule has 2 heterocycles. The van der Waals surface area contributed by atoms with Crippen LogP contribution in [0.3, 0.4) is 0 Å². The van der Waals surface area contributed by atoms with Gasteiger partial charge >= 0.3 is 6.03 Å². The quantitative estimate of drug-likeness (QED) is 0.523. The summed E-state index contributed by atoms with van der Waals surface area (Å²) >= 11 is 0. The van der Waals surface area contributed by atoms with Gasteiger partial charge in [-0.1, -0.05) is 30.3 Å². The minimum atomic E-state index is -0.793. The monoisotopic (exact) mass is 492 g/mol. The molecular weight excluding hydrogens is 456 g/mol. The Balaban J connectivity index is 1.30. The van der Waals surface area contributed by atoms with Crippen LogP contribution in [0, 0.1) is 0 Å². The highest BCUT2D eigenvalue weighted by Gasteiger charge is 2.55. The lowest BCUT2D eigenvalue weighted by Crippen LogP contribution is -2.59. The number of carbonyl (C=O) groups is 2. The Bertz CT molecular complexity index is 1070. The van der Waals surface area contributed by atoms with Crippen molar-refractivity contribution in [1.82, 2.24) is 25.3 Å².